The normalized spacial score (nSPS) is 21.6. The number of piperazine rings is 1. The van der Waals surface area contributed by atoms with Gasteiger partial charge >= 0.3 is 0 Å². The van der Waals surface area contributed by atoms with E-state index in [2.05, 4.69) is 10.1 Å². The number of anilines is 1. The molecule has 1 aromatic rings. The summed E-state index contributed by atoms with van der Waals surface area (Å²) in [5.74, 6) is -1.51. The van der Waals surface area contributed by atoms with Gasteiger partial charge in [-0.2, -0.15) is 0 Å². The Morgan fingerprint density at radius 1 is 1.23 bits per heavy atom. The molecule has 1 saturated heterocycles. The van der Waals surface area contributed by atoms with Crippen molar-refractivity contribution in [3.63, 3.8) is 0 Å². The van der Waals surface area contributed by atoms with Gasteiger partial charge in [-0.1, -0.05) is 5.16 Å². The zero-order valence-corrected chi connectivity index (χ0v) is 12.1. The van der Waals surface area contributed by atoms with E-state index in [0.717, 1.165) is 18.1 Å². The number of oxime groups is 1. The molecule has 2 aliphatic heterocycles. The van der Waals surface area contributed by atoms with Gasteiger partial charge in [-0.15, -0.1) is 0 Å². The molecular formula is C14H16F2N4O2. The molecule has 6 nitrogen and oxygen atoms in total. The molecule has 0 saturated carbocycles. The van der Waals surface area contributed by atoms with Gasteiger partial charge in [0.15, 0.2) is 11.6 Å². The first-order valence-electron chi connectivity index (χ1n) is 7.08. The Kier molecular flexibility index (Phi) is 3.91. The van der Waals surface area contributed by atoms with Crippen LogP contribution in [-0.2, 0) is 9.63 Å². The number of pyridine rings is 1. The van der Waals surface area contributed by atoms with E-state index in [4.69, 9.17) is 4.84 Å². The van der Waals surface area contributed by atoms with E-state index in [0.29, 0.717) is 32.6 Å². The Bertz CT molecular complexity index is 595. The zero-order valence-electron chi connectivity index (χ0n) is 12.1. The second-order valence-corrected chi connectivity index (χ2v) is 5.39. The van der Waals surface area contributed by atoms with E-state index in [1.165, 1.54) is 0 Å². The van der Waals surface area contributed by atoms with Crippen molar-refractivity contribution >= 4 is 17.3 Å². The summed E-state index contributed by atoms with van der Waals surface area (Å²) < 4.78 is 27.4. The third kappa shape index (κ3) is 2.72. The smallest absolute Gasteiger partial charge is 0.267 e. The number of nitrogens with zero attached hydrogens (tertiary/aromatic N) is 4. The number of halogens is 2. The molecule has 22 heavy (non-hydrogen) atoms. The quantitative estimate of drug-likeness (QED) is 0.823. The fraction of sp³-hybridized carbons (Fsp3) is 0.500. The molecule has 1 amide bonds. The Hall–Kier alpha value is -2.25. The summed E-state index contributed by atoms with van der Waals surface area (Å²) in [5.41, 5.74) is 0.705. The van der Waals surface area contributed by atoms with E-state index in [1.54, 1.807) is 16.7 Å². The van der Waals surface area contributed by atoms with Crippen LogP contribution in [0.3, 0.4) is 0 Å². The molecule has 1 aromatic heterocycles. The highest BCUT2D eigenvalue weighted by molar-refractivity contribution is 5.91. The lowest BCUT2D eigenvalue weighted by atomic mass is 10.1. The second kappa shape index (κ2) is 5.86. The molecule has 3 rings (SSSR count). The molecule has 8 heteroatoms. The van der Waals surface area contributed by atoms with Crippen LogP contribution in [-0.4, -0.2) is 53.8 Å². The van der Waals surface area contributed by atoms with E-state index in [1.807, 2.05) is 0 Å². The largest absolute Gasteiger partial charge is 0.382 e. The summed E-state index contributed by atoms with van der Waals surface area (Å²) in [4.78, 5) is 24.1. The molecule has 2 aliphatic rings. The Balaban J connectivity index is 1.62. The summed E-state index contributed by atoms with van der Waals surface area (Å²) in [5, 5.41) is 3.77. The molecule has 0 aliphatic carbocycles. The maximum atomic E-state index is 13.7. The molecular weight excluding hydrogens is 294 g/mol. The fourth-order valence-corrected chi connectivity index (χ4v) is 2.69. The molecule has 0 bridgehead atoms. The van der Waals surface area contributed by atoms with Gasteiger partial charge in [0, 0.05) is 32.6 Å². The monoisotopic (exact) mass is 310 g/mol. The van der Waals surface area contributed by atoms with Gasteiger partial charge in [-0.3, -0.25) is 9.78 Å². The number of carbonyl (C=O) groups is 1. The fourth-order valence-electron chi connectivity index (χ4n) is 2.69. The van der Waals surface area contributed by atoms with Gasteiger partial charge in [-0.05, 0) is 6.92 Å². The van der Waals surface area contributed by atoms with Crippen molar-refractivity contribution in [3.05, 3.63) is 24.0 Å². The number of amides is 1. The van der Waals surface area contributed by atoms with Gasteiger partial charge in [0.2, 0.25) is 6.10 Å². The van der Waals surface area contributed by atoms with Gasteiger partial charge in [0.25, 0.3) is 5.91 Å². The Labute approximate surface area is 126 Å². The zero-order chi connectivity index (χ0) is 15.7. The van der Waals surface area contributed by atoms with E-state index in [-0.39, 0.29) is 11.6 Å². The second-order valence-electron chi connectivity index (χ2n) is 5.39. The van der Waals surface area contributed by atoms with Crippen molar-refractivity contribution in [1.82, 2.24) is 9.88 Å². The minimum Gasteiger partial charge on any atom is -0.382 e. The lowest BCUT2D eigenvalue weighted by molar-refractivity contribution is -0.142. The maximum Gasteiger partial charge on any atom is 0.267 e. The Morgan fingerprint density at radius 2 is 1.86 bits per heavy atom. The summed E-state index contributed by atoms with van der Waals surface area (Å²) in [6, 6.07) is 0. The van der Waals surface area contributed by atoms with Crippen molar-refractivity contribution in [1.29, 1.82) is 0 Å². The minimum atomic E-state index is -0.692. The highest BCUT2D eigenvalue weighted by Gasteiger charge is 2.33. The van der Waals surface area contributed by atoms with Crippen LogP contribution in [0.1, 0.15) is 13.3 Å². The van der Waals surface area contributed by atoms with Crippen LogP contribution in [0.15, 0.2) is 17.5 Å². The van der Waals surface area contributed by atoms with Crippen LogP contribution < -0.4 is 4.90 Å². The van der Waals surface area contributed by atoms with Crippen LogP contribution >= 0.6 is 0 Å². The molecule has 3 heterocycles. The Morgan fingerprint density at radius 3 is 2.41 bits per heavy atom. The number of rotatable bonds is 2. The molecule has 1 fully saturated rings. The van der Waals surface area contributed by atoms with Crippen LogP contribution in [0.5, 0.6) is 0 Å². The summed E-state index contributed by atoms with van der Waals surface area (Å²) in [6.45, 7) is 3.30. The van der Waals surface area contributed by atoms with Crippen LogP contribution in [0.2, 0.25) is 0 Å². The van der Waals surface area contributed by atoms with Crippen molar-refractivity contribution in [2.45, 2.75) is 19.4 Å². The van der Waals surface area contributed by atoms with Crippen LogP contribution in [0.25, 0.3) is 0 Å². The molecule has 0 spiro atoms. The van der Waals surface area contributed by atoms with E-state index in [9.17, 15) is 13.6 Å². The summed E-state index contributed by atoms with van der Waals surface area (Å²) in [6.07, 6.45) is 1.90. The first-order chi connectivity index (χ1) is 10.6. The molecule has 0 N–H and O–H groups in total. The van der Waals surface area contributed by atoms with E-state index >= 15 is 0 Å². The van der Waals surface area contributed by atoms with Crippen LogP contribution in [0, 0.1) is 11.6 Å². The summed E-state index contributed by atoms with van der Waals surface area (Å²) >= 11 is 0. The van der Waals surface area contributed by atoms with Gasteiger partial charge in [0.1, 0.15) is 5.69 Å². The third-order valence-corrected chi connectivity index (χ3v) is 3.83. The average Bonchev–Trinajstić information content (AvgIpc) is 2.94. The third-order valence-electron chi connectivity index (χ3n) is 3.83. The number of hydrogen-bond acceptors (Lipinski definition) is 5. The SMILES string of the molecule is CC1=NOC(C(=O)N2CCN(c3c(F)cncc3F)CC2)C1. The van der Waals surface area contributed by atoms with Gasteiger partial charge in [0.05, 0.1) is 18.1 Å². The van der Waals surface area contributed by atoms with Gasteiger partial charge in [-0.25, -0.2) is 8.78 Å². The van der Waals surface area contributed by atoms with Crippen molar-refractivity contribution in [2.24, 2.45) is 5.16 Å². The molecule has 1 unspecified atom stereocenters. The molecule has 1 atom stereocenters. The van der Waals surface area contributed by atoms with Crippen LogP contribution in [0.4, 0.5) is 14.5 Å². The standard InChI is InChI=1S/C14H16F2N4O2/c1-9-6-12(22-18-9)14(21)20-4-2-19(3-5-20)13-10(15)7-17-8-11(13)16/h7-8,12H,2-6H2,1H3. The highest BCUT2D eigenvalue weighted by atomic mass is 19.1. The number of aromatic nitrogens is 1. The number of carbonyl (C=O) groups excluding carboxylic acids is 1. The molecule has 0 aromatic carbocycles. The first kappa shape index (κ1) is 14.7. The first-order valence-corrected chi connectivity index (χ1v) is 7.08. The van der Waals surface area contributed by atoms with Crippen molar-refractivity contribution < 1.29 is 18.4 Å². The lowest BCUT2D eigenvalue weighted by Crippen LogP contribution is -2.52. The van der Waals surface area contributed by atoms with Crippen molar-refractivity contribution in [2.75, 3.05) is 31.1 Å². The predicted molar refractivity (Wildman–Crippen MR) is 75.5 cm³/mol. The highest BCUT2D eigenvalue weighted by Crippen LogP contribution is 2.24. The molecule has 118 valence electrons. The maximum absolute atomic E-state index is 13.7. The summed E-state index contributed by atoms with van der Waals surface area (Å²) in [7, 11) is 0. The number of hydrogen-bond donors (Lipinski definition) is 0. The van der Waals surface area contributed by atoms with E-state index < -0.39 is 17.7 Å². The molecule has 0 radical (unpaired) electrons. The lowest BCUT2D eigenvalue weighted by Gasteiger charge is -2.36. The topological polar surface area (TPSA) is 58.0 Å². The average molecular weight is 310 g/mol. The predicted octanol–water partition coefficient (Wildman–Crippen LogP) is 1.17. The minimum absolute atomic E-state index is 0.0848. The van der Waals surface area contributed by atoms with Crippen molar-refractivity contribution in [3.8, 4) is 0 Å². The van der Waals surface area contributed by atoms with Gasteiger partial charge < -0.3 is 14.6 Å².